The van der Waals surface area contributed by atoms with E-state index in [-0.39, 0.29) is 0 Å². The fourth-order valence-electron chi connectivity index (χ4n) is 8.37. The van der Waals surface area contributed by atoms with Crippen LogP contribution in [-0.2, 0) is 5.41 Å². The second-order valence-corrected chi connectivity index (χ2v) is 13.9. The molecule has 0 N–H and O–H groups in total. The van der Waals surface area contributed by atoms with Crippen molar-refractivity contribution >= 4 is 22.6 Å². The van der Waals surface area contributed by atoms with Crippen molar-refractivity contribution in [3.8, 4) is 33.4 Å². The summed E-state index contributed by atoms with van der Waals surface area (Å²) in [5, 5.41) is 0. The summed E-state index contributed by atoms with van der Waals surface area (Å²) in [5.74, 6) is 0. The second kappa shape index (κ2) is 14.7. The lowest BCUT2D eigenvalue weighted by molar-refractivity contribution is 0.723. The minimum atomic E-state index is -0.475. The lowest BCUT2D eigenvalue weighted by Gasteiger charge is -2.36. The van der Waals surface area contributed by atoms with E-state index in [9.17, 15) is 0 Å². The lowest BCUT2D eigenvalue weighted by atomic mass is 9.67. The van der Waals surface area contributed by atoms with E-state index in [0.29, 0.717) is 0 Å². The molecule has 1 aliphatic carbocycles. The minimum absolute atomic E-state index is 0.475. The Kier molecular flexibility index (Phi) is 9.38. The molecular weight excluding hydrogens is 651 g/mol. The molecule has 0 spiro atoms. The number of rotatable bonds is 10. The molecule has 1 unspecified atom stereocenters. The molecule has 0 radical (unpaired) electrons. The van der Waals surface area contributed by atoms with Crippen molar-refractivity contribution in [1.82, 2.24) is 0 Å². The van der Waals surface area contributed by atoms with Crippen molar-refractivity contribution in [2.45, 2.75) is 19.3 Å². The van der Waals surface area contributed by atoms with E-state index in [1.165, 1.54) is 66.8 Å². The van der Waals surface area contributed by atoms with Crippen LogP contribution in [0.25, 0.3) is 39.0 Å². The number of hydrogen-bond donors (Lipinski definition) is 0. The summed E-state index contributed by atoms with van der Waals surface area (Å²) in [6.45, 7) is 12.9. The lowest BCUT2D eigenvalue weighted by Crippen LogP contribution is -2.29. The molecule has 1 atom stereocenters. The van der Waals surface area contributed by atoms with Crippen molar-refractivity contribution in [3.05, 3.63) is 241 Å². The van der Waals surface area contributed by atoms with Crippen LogP contribution < -0.4 is 4.90 Å². The smallest absolute Gasteiger partial charge is 0.0634 e. The van der Waals surface area contributed by atoms with Gasteiger partial charge in [-0.15, -0.1) is 0 Å². The summed E-state index contributed by atoms with van der Waals surface area (Å²) in [6.07, 6.45) is 6.08. The van der Waals surface area contributed by atoms with Crippen molar-refractivity contribution in [2.24, 2.45) is 0 Å². The number of benzene rings is 7. The molecule has 0 saturated heterocycles. The molecule has 54 heavy (non-hydrogen) atoms. The summed E-state index contributed by atoms with van der Waals surface area (Å²) in [7, 11) is 0. The molecule has 0 fully saturated rings. The third-order valence-corrected chi connectivity index (χ3v) is 11.0. The Labute approximate surface area is 320 Å². The Morgan fingerprint density at radius 2 is 0.981 bits per heavy atom. The normalized spacial score (nSPS) is 15.1. The first-order chi connectivity index (χ1) is 26.5. The molecule has 0 aliphatic heterocycles. The Bertz CT molecular complexity index is 2500. The van der Waals surface area contributed by atoms with E-state index in [1.807, 2.05) is 12.2 Å². The van der Waals surface area contributed by atoms with Gasteiger partial charge in [-0.05, 0) is 111 Å². The van der Waals surface area contributed by atoms with E-state index in [2.05, 4.69) is 220 Å². The van der Waals surface area contributed by atoms with Crippen LogP contribution in [-0.4, -0.2) is 0 Å². The zero-order valence-corrected chi connectivity index (χ0v) is 30.9. The maximum absolute atomic E-state index is 4.29. The topological polar surface area (TPSA) is 3.24 Å². The van der Waals surface area contributed by atoms with Gasteiger partial charge in [-0.3, -0.25) is 0 Å². The maximum atomic E-state index is 4.29. The quantitative estimate of drug-likeness (QED) is 0.129. The molecule has 7 aromatic carbocycles. The predicted molar refractivity (Wildman–Crippen MR) is 231 cm³/mol. The fraction of sp³-hybridized carbons (Fsp3) is 0.0566. The second-order valence-electron chi connectivity index (χ2n) is 13.9. The molecular formula is C53H43N. The van der Waals surface area contributed by atoms with Gasteiger partial charge in [0, 0.05) is 17.1 Å². The zero-order chi connectivity index (χ0) is 37.1. The minimum Gasteiger partial charge on any atom is -0.310 e. The fourth-order valence-corrected chi connectivity index (χ4v) is 8.37. The number of anilines is 3. The standard InChI is InChI=1S/C53H43N/c1-5-17-38(3)53(46-23-14-9-15-24-46)39(4)50(6-2)51-35-34-49(37-52(51)53)54(48-25-16-22-45(36-48)41-20-12-8-13-21-41)47-32-30-44(31-33-47)43-28-26-42(27-29-43)40-18-10-7-11-19-40/h5-37H,1-2H2,3-4H3. The molecule has 0 heterocycles. The highest BCUT2D eigenvalue weighted by molar-refractivity contribution is 5.92. The highest BCUT2D eigenvalue weighted by Crippen LogP contribution is 2.56. The van der Waals surface area contributed by atoms with Crippen LogP contribution in [0, 0.1) is 0 Å². The monoisotopic (exact) mass is 693 g/mol. The molecule has 1 heteroatoms. The SMILES string of the molecule is C=CC=C(C)C1(c2ccccc2)C(C)=C(C=C)c2ccc(N(c3ccc(-c4ccc(-c5ccccc5)cc4)cc3)c3cccc(-c4ccccc4)c3)cc21. The molecule has 7 aromatic rings. The van der Waals surface area contributed by atoms with Crippen molar-refractivity contribution in [3.63, 3.8) is 0 Å². The highest BCUT2D eigenvalue weighted by Gasteiger charge is 2.45. The van der Waals surface area contributed by atoms with Gasteiger partial charge in [0.2, 0.25) is 0 Å². The largest absolute Gasteiger partial charge is 0.310 e. The molecule has 0 amide bonds. The molecule has 1 aliphatic rings. The first kappa shape index (κ1) is 34.4. The van der Waals surface area contributed by atoms with E-state index >= 15 is 0 Å². The zero-order valence-electron chi connectivity index (χ0n) is 30.9. The summed E-state index contributed by atoms with van der Waals surface area (Å²) in [4.78, 5) is 2.39. The summed E-state index contributed by atoms with van der Waals surface area (Å²) < 4.78 is 0. The van der Waals surface area contributed by atoms with E-state index in [4.69, 9.17) is 0 Å². The van der Waals surface area contributed by atoms with Crippen molar-refractivity contribution < 1.29 is 0 Å². The number of hydrogen-bond acceptors (Lipinski definition) is 1. The average molecular weight is 694 g/mol. The Balaban J connectivity index is 1.28. The van der Waals surface area contributed by atoms with Gasteiger partial charge in [0.15, 0.2) is 0 Å². The number of nitrogens with zero attached hydrogens (tertiary/aromatic N) is 1. The van der Waals surface area contributed by atoms with E-state index in [1.54, 1.807) is 0 Å². The Morgan fingerprint density at radius 1 is 0.500 bits per heavy atom. The van der Waals surface area contributed by atoms with Crippen molar-refractivity contribution in [1.29, 1.82) is 0 Å². The summed E-state index contributed by atoms with van der Waals surface area (Å²) in [5.41, 5.74) is 17.3. The first-order valence-corrected chi connectivity index (χ1v) is 18.6. The van der Waals surface area contributed by atoms with Gasteiger partial charge in [-0.1, -0.05) is 183 Å². The predicted octanol–water partition coefficient (Wildman–Crippen LogP) is 14.5. The average Bonchev–Trinajstić information content (AvgIpc) is 3.49. The van der Waals surface area contributed by atoms with Crippen molar-refractivity contribution in [2.75, 3.05) is 4.90 Å². The molecule has 8 rings (SSSR count). The summed E-state index contributed by atoms with van der Waals surface area (Å²) in [6, 6.07) is 65.6. The molecule has 0 bridgehead atoms. The first-order valence-electron chi connectivity index (χ1n) is 18.6. The van der Waals surface area contributed by atoms with Gasteiger partial charge in [-0.25, -0.2) is 0 Å². The van der Waals surface area contributed by atoms with Gasteiger partial charge >= 0.3 is 0 Å². The maximum Gasteiger partial charge on any atom is 0.0634 e. The van der Waals surface area contributed by atoms with Crippen LogP contribution in [0.15, 0.2) is 225 Å². The molecule has 0 aromatic heterocycles. The Hall–Kier alpha value is -6.70. The van der Waals surface area contributed by atoms with Crippen LogP contribution >= 0.6 is 0 Å². The number of allylic oxidation sites excluding steroid dienone is 6. The molecule has 0 saturated carbocycles. The van der Waals surface area contributed by atoms with E-state index < -0.39 is 5.41 Å². The highest BCUT2D eigenvalue weighted by atomic mass is 15.1. The van der Waals surface area contributed by atoms with Crippen LogP contribution in [0.5, 0.6) is 0 Å². The third kappa shape index (κ3) is 6.04. The van der Waals surface area contributed by atoms with Crippen LogP contribution in [0.1, 0.15) is 30.5 Å². The van der Waals surface area contributed by atoms with Gasteiger partial charge in [-0.2, -0.15) is 0 Å². The van der Waals surface area contributed by atoms with Crippen LogP contribution in [0.3, 0.4) is 0 Å². The van der Waals surface area contributed by atoms with Gasteiger partial charge in [0.1, 0.15) is 0 Å². The van der Waals surface area contributed by atoms with Gasteiger partial charge < -0.3 is 4.90 Å². The van der Waals surface area contributed by atoms with Crippen LogP contribution in [0.4, 0.5) is 17.1 Å². The van der Waals surface area contributed by atoms with Gasteiger partial charge in [0.25, 0.3) is 0 Å². The Morgan fingerprint density at radius 3 is 1.56 bits per heavy atom. The summed E-state index contributed by atoms with van der Waals surface area (Å²) >= 11 is 0. The van der Waals surface area contributed by atoms with Gasteiger partial charge in [0.05, 0.1) is 5.41 Å². The third-order valence-electron chi connectivity index (χ3n) is 11.0. The van der Waals surface area contributed by atoms with E-state index in [0.717, 1.165) is 17.1 Å². The van der Waals surface area contributed by atoms with Crippen LogP contribution in [0.2, 0.25) is 0 Å². The molecule has 260 valence electrons. The number of fused-ring (bicyclic) bond motifs is 1. The molecule has 1 nitrogen and oxygen atoms in total.